The molecule has 4 aromatic carbocycles. The summed E-state index contributed by atoms with van der Waals surface area (Å²) >= 11 is 0. The van der Waals surface area contributed by atoms with Gasteiger partial charge in [0, 0.05) is 20.0 Å². The molecule has 0 radical (unpaired) electrons. The van der Waals surface area contributed by atoms with Crippen molar-refractivity contribution in [3.63, 3.8) is 0 Å². The van der Waals surface area contributed by atoms with Crippen molar-refractivity contribution in [2.75, 3.05) is 17.9 Å². The van der Waals surface area contributed by atoms with E-state index in [0.29, 0.717) is 11.3 Å². The molecule has 43 heavy (non-hydrogen) atoms. The highest BCUT2D eigenvalue weighted by atomic mass is 32.2. The van der Waals surface area contributed by atoms with Crippen LogP contribution in [0.1, 0.15) is 33.4 Å². The van der Waals surface area contributed by atoms with Gasteiger partial charge >= 0.3 is 0 Å². The molecule has 1 N–H and O–H groups in total. The Morgan fingerprint density at radius 1 is 0.744 bits per heavy atom. The zero-order valence-corrected chi connectivity index (χ0v) is 26.2. The second-order valence-electron chi connectivity index (χ2n) is 10.9. The summed E-state index contributed by atoms with van der Waals surface area (Å²) in [6.07, 6.45) is 0.270. The minimum absolute atomic E-state index is 0.0871. The van der Waals surface area contributed by atoms with Crippen LogP contribution >= 0.6 is 0 Å². The Hall–Kier alpha value is -4.43. The Balaban J connectivity index is 1.81. The zero-order chi connectivity index (χ0) is 31.1. The normalized spacial score (nSPS) is 11.9. The number of nitrogens with zero attached hydrogens (tertiary/aromatic N) is 2. The van der Waals surface area contributed by atoms with Crippen LogP contribution in [0.25, 0.3) is 0 Å². The summed E-state index contributed by atoms with van der Waals surface area (Å²) in [5.41, 5.74) is 5.71. The molecule has 0 aliphatic heterocycles. The summed E-state index contributed by atoms with van der Waals surface area (Å²) in [4.78, 5) is 29.4. The highest BCUT2D eigenvalue weighted by Crippen LogP contribution is 2.29. The van der Waals surface area contributed by atoms with Crippen LogP contribution < -0.4 is 9.62 Å². The second kappa shape index (κ2) is 13.7. The van der Waals surface area contributed by atoms with E-state index in [9.17, 15) is 18.0 Å². The molecule has 0 heterocycles. The highest BCUT2D eigenvalue weighted by molar-refractivity contribution is 7.92. The van der Waals surface area contributed by atoms with Crippen LogP contribution in [0.3, 0.4) is 0 Å². The fraction of sp³-hybridized carbons (Fsp3) is 0.257. The van der Waals surface area contributed by atoms with Crippen LogP contribution in [-0.2, 0) is 32.6 Å². The van der Waals surface area contributed by atoms with Gasteiger partial charge in [0.1, 0.15) is 12.6 Å². The molecule has 8 heteroatoms. The van der Waals surface area contributed by atoms with Crippen molar-refractivity contribution in [3.8, 4) is 0 Å². The molecule has 4 rings (SSSR count). The quantitative estimate of drug-likeness (QED) is 0.247. The summed E-state index contributed by atoms with van der Waals surface area (Å²) in [5, 5.41) is 2.71. The topological polar surface area (TPSA) is 86.8 Å². The molecule has 0 unspecified atom stereocenters. The van der Waals surface area contributed by atoms with Gasteiger partial charge < -0.3 is 10.2 Å². The Kier molecular flexibility index (Phi) is 10.0. The first-order chi connectivity index (χ1) is 20.5. The van der Waals surface area contributed by atoms with Crippen molar-refractivity contribution in [3.05, 3.63) is 130 Å². The number of hydrogen-bond donors (Lipinski definition) is 1. The summed E-state index contributed by atoms with van der Waals surface area (Å²) in [5.74, 6) is -0.814. The lowest BCUT2D eigenvalue weighted by Crippen LogP contribution is -2.53. The van der Waals surface area contributed by atoms with Crippen molar-refractivity contribution in [2.24, 2.45) is 0 Å². The Bertz CT molecular complexity index is 1670. The molecule has 0 aliphatic carbocycles. The predicted octanol–water partition coefficient (Wildman–Crippen LogP) is 5.50. The molecule has 4 aromatic rings. The number of amides is 2. The third kappa shape index (κ3) is 7.70. The second-order valence-corrected chi connectivity index (χ2v) is 12.8. The number of anilines is 1. The van der Waals surface area contributed by atoms with Gasteiger partial charge in [-0.25, -0.2) is 8.42 Å². The lowest BCUT2D eigenvalue weighted by atomic mass is 10.0. The Morgan fingerprint density at radius 2 is 1.33 bits per heavy atom. The predicted molar refractivity (Wildman–Crippen MR) is 171 cm³/mol. The van der Waals surface area contributed by atoms with E-state index in [1.54, 1.807) is 37.4 Å². The standard InChI is InChI=1S/C35H39N3O4S/c1-25-12-17-30(18-13-25)23-37(33(35(40)36-5)22-29-9-7-6-8-10-29)34(39)24-38(32-21-27(3)11-16-28(32)4)43(41,42)31-19-14-26(2)15-20-31/h6-21,33H,22-24H2,1-5H3,(H,36,40)/t33-/m1/s1. The molecule has 0 saturated heterocycles. The number of nitrogens with one attached hydrogen (secondary N) is 1. The average molecular weight is 598 g/mol. The first kappa shape index (κ1) is 31.5. The lowest BCUT2D eigenvalue weighted by molar-refractivity contribution is -0.139. The molecule has 0 spiro atoms. The molecule has 224 valence electrons. The number of likely N-dealkylation sites (N-methyl/N-ethyl adjacent to an activating group) is 1. The van der Waals surface area contributed by atoms with E-state index in [2.05, 4.69) is 5.32 Å². The van der Waals surface area contributed by atoms with Crippen molar-refractivity contribution < 1.29 is 18.0 Å². The van der Waals surface area contributed by atoms with E-state index in [0.717, 1.165) is 27.8 Å². The van der Waals surface area contributed by atoms with Crippen LogP contribution in [0, 0.1) is 27.7 Å². The lowest BCUT2D eigenvalue weighted by Gasteiger charge is -2.34. The van der Waals surface area contributed by atoms with Gasteiger partial charge in [-0.1, -0.05) is 90.0 Å². The van der Waals surface area contributed by atoms with Gasteiger partial charge in [0.05, 0.1) is 10.6 Å². The van der Waals surface area contributed by atoms with Gasteiger partial charge in [-0.15, -0.1) is 0 Å². The third-order valence-corrected chi connectivity index (χ3v) is 9.29. The molecule has 0 saturated carbocycles. The van der Waals surface area contributed by atoms with Gasteiger partial charge in [0.15, 0.2) is 0 Å². The maximum absolute atomic E-state index is 14.4. The molecule has 1 atom stereocenters. The molecule has 0 aromatic heterocycles. The minimum Gasteiger partial charge on any atom is -0.357 e. The monoisotopic (exact) mass is 597 g/mol. The van der Waals surface area contributed by atoms with Gasteiger partial charge in [-0.3, -0.25) is 13.9 Å². The van der Waals surface area contributed by atoms with Gasteiger partial charge in [-0.2, -0.15) is 0 Å². The number of hydrogen-bond acceptors (Lipinski definition) is 4. The first-order valence-corrected chi connectivity index (χ1v) is 15.7. The average Bonchev–Trinajstić information content (AvgIpc) is 3.00. The van der Waals surface area contributed by atoms with Crippen molar-refractivity contribution in [2.45, 2.75) is 51.6 Å². The van der Waals surface area contributed by atoms with Crippen molar-refractivity contribution in [1.82, 2.24) is 10.2 Å². The van der Waals surface area contributed by atoms with Gasteiger partial charge in [0.25, 0.3) is 10.0 Å². The summed E-state index contributed by atoms with van der Waals surface area (Å²) < 4.78 is 29.6. The van der Waals surface area contributed by atoms with Crippen LogP contribution in [0.2, 0.25) is 0 Å². The smallest absolute Gasteiger partial charge is 0.264 e. The largest absolute Gasteiger partial charge is 0.357 e. The van der Waals surface area contributed by atoms with E-state index in [-0.39, 0.29) is 23.8 Å². The van der Waals surface area contributed by atoms with Crippen LogP contribution in [0.5, 0.6) is 0 Å². The molecule has 2 amide bonds. The highest BCUT2D eigenvalue weighted by Gasteiger charge is 2.34. The maximum atomic E-state index is 14.4. The zero-order valence-electron chi connectivity index (χ0n) is 25.4. The molecule has 0 bridgehead atoms. The van der Waals surface area contributed by atoms with E-state index >= 15 is 0 Å². The molecular formula is C35H39N3O4S. The molecule has 7 nitrogen and oxygen atoms in total. The Labute approximate surface area is 255 Å². The van der Waals surface area contributed by atoms with Gasteiger partial charge in [0.2, 0.25) is 11.8 Å². The summed E-state index contributed by atoms with van der Waals surface area (Å²) in [7, 11) is -2.60. The number of aryl methyl sites for hydroxylation is 4. The van der Waals surface area contributed by atoms with Gasteiger partial charge in [-0.05, 0) is 68.1 Å². The minimum atomic E-state index is -4.14. The fourth-order valence-electron chi connectivity index (χ4n) is 4.95. The number of carbonyl (C=O) groups is 2. The first-order valence-electron chi connectivity index (χ1n) is 14.3. The fourth-order valence-corrected chi connectivity index (χ4v) is 6.42. The number of carbonyl (C=O) groups excluding carboxylic acids is 2. The number of rotatable bonds is 11. The van der Waals surface area contributed by atoms with Crippen molar-refractivity contribution in [1.29, 1.82) is 0 Å². The Morgan fingerprint density at radius 3 is 1.93 bits per heavy atom. The van der Waals surface area contributed by atoms with Crippen LogP contribution in [0.4, 0.5) is 5.69 Å². The van der Waals surface area contributed by atoms with E-state index in [1.807, 2.05) is 94.4 Å². The summed E-state index contributed by atoms with van der Waals surface area (Å²) in [6.45, 7) is 7.23. The van der Waals surface area contributed by atoms with E-state index in [4.69, 9.17) is 0 Å². The van der Waals surface area contributed by atoms with E-state index < -0.39 is 28.5 Å². The van der Waals surface area contributed by atoms with Crippen LogP contribution in [0.15, 0.2) is 102 Å². The third-order valence-electron chi connectivity index (χ3n) is 7.51. The SMILES string of the molecule is CNC(=O)[C@@H](Cc1ccccc1)N(Cc1ccc(C)cc1)C(=O)CN(c1cc(C)ccc1C)S(=O)(=O)c1ccc(C)cc1. The molecular weight excluding hydrogens is 558 g/mol. The summed E-state index contributed by atoms with van der Waals surface area (Å²) in [6, 6.07) is 28.5. The van der Waals surface area contributed by atoms with Crippen molar-refractivity contribution >= 4 is 27.5 Å². The molecule has 0 fully saturated rings. The maximum Gasteiger partial charge on any atom is 0.264 e. The van der Waals surface area contributed by atoms with Crippen LogP contribution in [-0.4, -0.2) is 44.8 Å². The number of sulfonamides is 1. The van der Waals surface area contributed by atoms with E-state index in [1.165, 1.54) is 9.21 Å². The molecule has 0 aliphatic rings. The number of benzene rings is 4.